The molecule has 0 fully saturated rings. The Morgan fingerprint density at radius 3 is 2.50 bits per heavy atom. The molecule has 0 atom stereocenters. The first kappa shape index (κ1) is 17.3. The number of ketones is 1. The first-order chi connectivity index (χ1) is 11.6. The second-order valence-electron chi connectivity index (χ2n) is 4.95. The molecular weight excluding hydrogens is 308 g/mol. The fourth-order valence-corrected chi connectivity index (χ4v) is 2.02. The van der Waals surface area contributed by atoms with E-state index in [4.69, 9.17) is 9.47 Å². The lowest BCUT2D eigenvalue weighted by atomic mass is 10.0. The van der Waals surface area contributed by atoms with Crippen LogP contribution in [0.3, 0.4) is 0 Å². The van der Waals surface area contributed by atoms with Crippen molar-refractivity contribution < 1.29 is 24.2 Å². The van der Waals surface area contributed by atoms with Crippen LogP contribution in [0.15, 0.2) is 61.2 Å². The summed E-state index contributed by atoms with van der Waals surface area (Å²) in [5.74, 6) is -0.431. The van der Waals surface area contributed by atoms with E-state index < -0.39 is 5.97 Å². The van der Waals surface area contributed by atoms with Crippen molar-refractivity contribution in [2.75, 3.05) is 13.2 Å². The normalized spacial score (nSPS) is 10.0. The standard InChI is InChI=1S/C19H18O5/c1-2-18(21)24-12-6-11-23-15-9-10-16(17(20)13-15)19(22)14-7-4-3-5-8-14/h2-5,7-10,13,20H,1,6,11-12H2. The summed E-state index contributed by atoms with van der Waals surface area (Å²) in [7, 11) is 0. The predicted molar refractivity (Wildman–Crippen MR) is 89.2 cm³/mol. The van der Waals surface area contributed by atoms with Crippen LogP contribution in [0.25, 0.3) is 0 Å². The third kappa shape index (κ3) is 4.71. The second-order valence-corrected chi connectivity index (χ2v) is 4.95. The largest absolute Gasteiger partial charge is 0.507 e. The Labute approximate surface area is 140 Å². The van der Waals surface area contributed by atoms with Crippen molar-refractivity contribution in [1.82, 2.24) is 0 Å². The summed E-state index contributed by atoms with van der Waals surface area (Å²) >= 11 is 0. The lowest BCUT2D eigenvalue weighted by Crippen LogP contribution is -2.07. The molecule has 0 spiro atoms. The summed E-state index contributed by atoms with van der Waals surface area (Å²) in [6.45, 7) is 3.84. The van der Waals surface area contributed by atoms with E-state index in [-0.39, 0.29) is 23.7 Å². The third-order valence-corrected chi connectivity index (χ3v) is 3.22. The monoisotopic (exact) mass is 326 g/mol. The van der Waals surface area contributed by atoms with Gasteiger partial charge in [-0.25, -0.2) is 4.79 Å². The number of phenols is 1. The van der Waals surface area contributed by atoms with Crippen LogP contribution in [0.4, 0.5) is 0 Å². The smallest absolute Gasteiger partial charge is 0.330 e. The van der Waals surface area contributed by atoms with Crippen molar-refractivity contribution in [3.8, 4) is 11.5 Å². The van der Waals surface area contributed by atoms with Crippen LogP contribution >= 0.6 is 0 Å². The Bertz CT molecular complexity index is 722. The average Bonchev–Trinajstić information content (AvgIpc) is 2.61. The molecule has 0 bridgehead atoms. The van der Waals surface area contributed by atoms with Crippen molar-refractivity contribution in [3.63, 3.8) is 0 Å². The van der Waals surface area contributed by atoms with Crippen LogP contribution in [0, 0.1) is 0 Å². The highest BCUT2D eigenvalue weighted by Gasteiger charge is 2.13. The molecule has 2 aromatic carbocycles. The minimum Gasteiger partial charge on any atom is -0.507 e. The SMILES string of the molecule is C=CC(=O)OCCCOc1ccc(C(=O)c2ccccc2)c(O)c1. The third-order valence-electron chi connectivity index (χ3n) is 3.22. The number of hydrogen-bond acceptors (Lipinski definition) is 5. The molecule has 0 saturated carbocycles. The molecular formula is C19H18O5. The molecule has 0 saturated heterocycles. The van der Waals surface area contributed by atoms with Gasteiger partial charge in [0.2, 0.25) is 0 Å². The van der Waals surface area contributed by atoms with Crippen LogP contribution in [0.5, 0.6) is 11.5 Å². The van der Waals surface area contributed by atoms with Gasteiger partial charge < -0.3 is 14.6 Å². The maximum absolute atomic E-state index is 12.3. The highest BCUT2D eigenvalue weighted by atomic mass is 16.5. The van der Waals surface area contributed by atoms with Gasteiger partial charge in [-0.1, -0.05) is 36.9 Å². The highest BCUT2D eigenvalue weighted by molar-refractivity contribution is 6.10. The van der Waals surface area contributed by atoms with E-state index in [1.807, 2.05) is 6.07 Å². The Morgan fingerprint density at radius 1 is 1.08 bits per heavy atom. The summed E-state index contributed by atoms with van der Waals surface area (Å²) in [6.07, 6.45) is 1.60. The Hall–Kier alpha value is -3.08. The first-order valence-electron chi connectivity index (χ1n) is 7.46. The molecule has 0 unspecified atom stereocenters. The van der Waals surface area contributed by atoms with Crippen molar-refractivity contribution in [3.05, 3.63) is 72.3 Å². The van der Waals surface area contributed by atoms with E-state index in [2.05, 4.69) is 6.58 Å². The lowest BCUT2D eigenvalue weighted by Gasteiger charge is -2.09. The van der Waals surface area contributed by atoms with E-state index >= 15 is 0 Å². The molecule has 0 aliphatic carbocycles. The Balaban J connectivity index is 1.91. The van der Waals surface area contributed by atoms with Gasteiger partial charge in [0.1, 0.15) is 11.5 Å². The Morgan fingerprint density at radius 2 is 1.83 bits per heavy atom. The number of benzene rings is 2. The van der Waals surface area contributed by atoms with Gasteiger partial charge >= 0.3 is 5.97 Å². The minimum absolute atomic E-state index is 0.139. The average molecular weight is 326 g/mol. The van der Waals surface area contributed by atoms with E-state index in [1.165, 1.54) is 12.1 Å². The van der Waals surface area contributed by atoms with E-state index in [9.17, 15) is 14.7 Å². The molecule has 1 N–H and O–H groups in total. The predicted octanol–water partition coefficient (Wildman–Crippen LogP) is 3.12. The zero-order valence-corrected chi connectivity index (χ0v) is 13.1. The van der Waals surface area contributed by atoms with E-state index in [0.29, 0.717) is 24.3 Å². The molecule has 2 rings (SSSR count). The molecule has 0 heterocycles. The Kier molecular flexibility index (Phi) is 6.14. The van der Waals surface area contributed by atoms with Crippen LogP contribution in [0.2, 0.25) is 0 Å². The molecule has 124 valence electrons. The van der Waals surface area contributed by atoms with Crippen molar-refractivity contribution in [1.29, 1.82) is 0 Å². The van der Waals surface area contributed by atoms with Gasteiger partial charge in [-0.15, -0.1) is 0 Å². The van der Waals surface area contributed by atoms with Gasteiger partial charge in [-0.2, -0.15) is 0 Å². The van der Waals surface area contributed by atoms with E-state index in [1.54, 1.807) is 30.3 Å². The molecule has 0 aliphatic heterocycles. The topological polar surface area (TPSA) is 72.8 Å². The van der Waals surface area contributed by atoms with Crippen molar-refractivity contribution >= 4 is 11.8 Å². The summed E-state index contributed by atoms with van der Waals surface area (Å²) in [6, 6.07) is 13.3. The number of rotatable bonds is 8. The molecule has 0 radical (unpaired) electrons. The number of hydrogen-bond donors (Lipinski definition) is 1. The number of esters is 1. The summed E-state index contributed by atoms with van der Waals surface area (Å²) in [5, 5.41) is 10.0. The molecule has 5 nitrogen and oxygen atoms in total. The van der Waals surface area contributed by atoms with Gasteiger partial charge in [0.05, 0.1) is 18.8 Å². The minimum atomic E-state index is -0.476. The highest BCUT2D eigenvalue weighted by Crippen LogP contribution is 2.26. The molecule has 0 aliphatic rings. The molecule has 5 heteroatoms. The number of ether oxygens (including phenoxy) is 2. The number of aromatic hydroxyl groups is 1. The zero-order chi connectivity index (χ0) is 17.4. The zero-order valence-electron chi connectivity index (χ0n) is 13.1. The molecule has 0 amide bonds. The summed E-state index contributed by atoms with van der Waals surface area (Å²) in [4.78, 5) is 23.2. The van der Waals surface area contributed by atoms with Crippen molar-refractivity contribution in [2.45, 2.75) is 6.42 Å². The fraction of sp³-hybridized carbons (Fsp3) is 0.158. The molecule has 24 heavy (non-hydrogen) atoms. The number of phenolic OH excluding ortho intramolecular Hbond substituents is 1. The van der Waals surface area contributed by atoms with Crippen LogP contribution in [0.1, 0.15) is 22.3 Å². The quantitative estimate of drug-likeness (QED) is 0.349. The van der Waals surface area contributed by atoms with Crippen LogP contribution in [-0.2, 0) is 9.53 Å². The van der Waals surface area contributed by atoms with Crippen LogP contribution in [-0.4, -0.2) is 30.1 Å². The lowest BCUT2D eigenvalue weighted by molar-refractivity contribution is -0.137. The van der Waals surface area contributed by atoms with E-state index in [0.717, 1.165) is 6.08 Å². The van der Waals surface area contributed by atoms with Gasteiger partial charge in [0, 0.05) is 24.1 Å². The van der Waals surface area contributed by atoms with Gasteiger partial charge in [0.15, 0.2) is 5.78 Å². The molecule has 0 aromatic heterocycles. The summed E-state index contributed by atoms with van der Waals surface area (Å²) in [5.41, 5.74) is 0.721. The number of carbonyl (C=O) groups is 2. The maximum Gasteiger partial charge on any atom is 0.330 e. The van der Waals surface area contributed by atoms with Gasteiger partial charge in [-0.05, 0) is 12.1 Å². The van der Waals surface area contributed by atoms with Gasteiger partial charge in [-0.3, -0.25) is 4.79 Å². The molecule has 2 aromatic rings. The fourth-order valence-electron chi connectivity index (χ4n) is 2.02. The van der Waals surface area contributed by atoms with Gasteiger partial charge in [0.25, 0.3) is 0 Å². The number of carbonyl (C=O) groups excluding carboxylic acids is 2. The van der Waals surface area contributed by atoms with Crippen molar-refractivity contribution in [2.24, 2.45) is 0 Å². The second kappa shape index (κ2) is 8.53. The maximum atomic E-state index is 12.3. The first-order valence-corrected chi connectivity index (χ1v) is 7.46. The van der Waals surface area contributed by atoms with Crippen LogP contribution < -0.4 is 4.74 Å². The summed E-state index contributed by atoms with van der Waals surface area (Å²) < 4.78 is 10.3.